The summed E-state index contributed by atoms with van der Waals surface area (Å²) in [5.74, 6) is -1.24. The van der Waals surface area contributed by atoms with Crippen LogP contribution in [-0.4, -0.2) is 42.7 Å². The molecule has 0 aliphatic carbocycles. The van der Waals surface area contributed by atoms with Crippen molar-refractivity contribution in [2.75, 3.05) is 26.7 Å². The van der Waals surface area contributed by atoms with Crippen molar-refractivity contribution in [3.05, 3.63) is 35.1 Å². The first kappa shape index (κ1) is 14.9. The van der Waals surface area contributed by atoms with Crippen molar-refractivity contribution in [3.63, 3.8) is 0 Å². The number of nitrogens with zero attached hydrogens (tertiary/aromatic N) is 1. The van der Waals surface area contributed by atoms with Crippen molar-refractivity contribution >= 4 is 5.97 Å². The fraction of sp³-hybridized carbons (Fsp3) is 0.533. The van der Waals surface area contributed by atoms with E-state index in [9.17, 15) is 9.18 Å². The number of hydrogen-bond acceptors (Lipinski definition) is 3. The van der Waals surface area contributed by atoms with Crippen LogP contribution in [0.25, 0.3) is 0 Å². The third-order valence-corrected chi connectivity index (χ3v) is 3.77. The molecule has 1 fully saturated rings. The van der Waals surface area contributed by atoms with E-state index < -0.39 is 11.8 Å². The molecule has 0 bridgehead atoms. The molecule has 1 unspecified atom stereocenters. The number of piperidine rings is 1. The molecule has 0 radical (unpaired) electrons. The molecule has 1 saturated heterocycles. The Labute approximate surface area is 118 Å². The molecule has 1 aromatic carbocycles. The number of carbonyl (C=O) groups is 1. The Balaban J connectivity index is 1.99. The van der Waals surface area contributed by atoms with Gasteiger partial charge in [-0.25, -0.2) is 9.18 Å². The summed E-state index contributed by atoms with van der Waals surface area (Å²) in [4.78, 5) is 13.1. The van der Waals surface area contributed by atoms with Crippen LogP contribution in [0.15, 0.2) is 18.2 Å². The summed E-state index contributed by atoms with van der Waals surface area (Å²) in [6, 6.07) is 4.39. The van der Waals surface area contributed by atoms with Gasteiger partial charge in [0, 0.05) is 13.1 Å². The molecule has 0 spiro atoms. The topological polar surface area (TPSA) is 52.6 Å². The molecule has 4 nitrogen and oxygen atoms in total. The Morgan fingerprint density at radius 3 is 3.00 bits per heavy atom. The normalized spacial score (nSPS) is 20.0. The SMILES string of the molecule is CNCC1CCCN(Cc2ccc(C(=O)O)c(F)c2)C1. The minimum Gasteiger partial charge on any atom is -0.478 e. The van der Waals surface area contributed by atoms with Crippen LogP contribution in [0.1, 0.15) is 28.8 Å². The Morgan fingerprint density at radius 1 is 1.55 bits per heavy atom. The molecule has 1 aliphatic rings. The minimum absolute atomic E-state index is 0.263. The van der Waals surface area contributed by atoms with Gasteiger partial charge in [-0.2, -0.15) is 0 Å². The smallest absolute Gasteiger partial charge is 0.338 e. The predicted octanol–water partition coefficient (Wildman–Crippen LogP) is 1.96. The summed E-state index contributed by atoms with van der Waals surface area (Å²) in [5.41, 5.74) is 0.568. The van der Waals surface area contributed by atoms with Crippen molar-refractivity contribution in [1.29, 1.82) is 0 Å². The predicted molar refractivity (Wildman–Crippen MR) is 75.3 cm³/mol. The van der Waals surface area contributed by atoms with Crippen LogP contribution in [0.5, 0.6) is 0 Å². The van der Waals surface area contributed by atoms with Gasteiger partial charge in [0.05, 0.1) is 5.56 Å². The molecule has 2 rings (SSSR count). The molecule has 1 aliphatic heterocycles. The van der Waals surface area contributed by atoms with Crippen LogP contribution in [0, 0.1) is 11.7 Å². The van der Waals surface area contributed by atoms with Gasteiger partial charge in [0.15, 0.2) is 0 Å². The van der Waals surface area contributed by atoms with E-state index in [-0.39, 0.29) is 5.56 Å². The maximum Gasteiger partial charge on any atom is 0.338 e. The minimum atomic E-state index is -1.22. The van der Waals surface area contributed by atoms with Gasteiger partial charge in [-0.05, 0) is 56.6 Å². The zero-order valence-corrected chi connectivity index (χ0v) is 11.7. The summed E-state index contributed by atoms with van der Waals surface area (Å²) in [5, 5.41) is 12.0. The molecule has 20 heavy (non-hydrogen) atoms. The summed E-state index contributed by atoms with van der Waals surface area (Å²) in [6.45, 7) is 3.70. The van der Waals surface area contributed by atoms with E-state index in [0.29, 0.717) is 12.5 Å². The monoisotopic (exact) mass is 280 g/mol. The quantitative estimate of drug-likeness (QED) is 0.865. The second kappa shape index (κ2) is 6.81. The van der Waals surface area contributed by atoms with Gasteiger partial charge in [-0.15, -0.1) is 0 Å². The van der Waals surface area contributed by atoms with Crippen LogP contribution in [0.4, 0.5) is 4.39 Å². The van der Waals surface area contributed by atoms with Gasteiger partial charge < -0.3 is 10.4 Å². The van der Waals surface area contributed by atoms with Gasteiger partial charge >= 0.3 is 5.97 Å². The number of nitrogens with one attached hydrogen (secondary N) is 1. The molecular formula is C15H21FN2O2. The number of carboxylic acids is 1. The fourth-order valence-corrected chi connectivity index (χ4v) is 2.84. The van der Waals surface area contributed by atoms with Gasteiger partial charge in [-0.3, -0.25) is 4.90 Å². The van der Waals surface area contributed by atoms with E-state index in [1.165, 1.54) is 18.6 Å². The maximum absolute atomic E-state index is 13.6. The van der Waals surface area contributed by atoms with Gasteiger partial charge in [0.2, 0.25) is 0 Å². The molecule has 110 valence electrons. The van der Waals surface area contributed by atoms with Crippen LogP contribution >= 0.6 is 0 Å². The Hall–Kier alpha value is -1.46. The zero-order chi connectivity index (χ0) is 14.5. The van der Waals surface area contributed by atoms with E-state index in [0.717, 1.165) is 31.6 Å². The highest BCUT2D eigenvalue weighted by atomic mass is 19.1. The van der Waals surface area contributed by atoms with Crippen LogP contribution in [0.3, 0.4) is 0 Å². The van der Waals surface area contributed by atoms with Gasteiger partial charge in [0.25, 0.3) is 0 Å². The lowest BCUT2D eigenvalue weighted by molar-refractivity contribution is 0.0692. The molecule has 1 atom stereocenters. The Kier molecular flexibility index (Phi) is 5.09. The van der Waals surface area contributed by atoms with Gasteiger partial charge in [-0.1, -0.05) is 6.07 Å². The van der Waals surface area contributed by atoms with E-state index in [1.54, 1.807) is 6.07 Å². The van der Waals surface area contributed by atoms with Crippen LogP contribution in [0.2, 0.25) is 0 Å². The van der Waals surface area contributed by atoms with Crippen molar-refractivity contribution in [1.82, 2.24) is 10.2 Å². The molecular weight excluding hydrogens is 259 g/mol. The number of aromatic carboxylic acids is 1. The number of likely N-dealkylation sites (tertiary alicyclic amines) is 1. The van der Waals surface area contributed by atoms with E-state index in [1.807, 2.05) is 7.05 Å². The fourth-order valence-electron chi connectivity index (χ4n) is 2.84. The lowest BCUT2D eigenvalue weighted by atomic mass is 9.97. The van der Waals surface area contributed by atoms with Crippen molar-refractivity contribution < 1.29 is 14.3 Å². The molecule has 0 saturated carbocycles. The Bertz CT molecular complexity index is 477. The molecule has 2 N–H and O–H groups in total. The summed E-state index contributed by atoms with van der Waals surface area (Å²) in [7, 11) is 1.96. The average Bonchev–Trinajstić information content (AvgIpc) is 2.39. The summed E-state index contributed by atoms with van der Waals surface area (Å²) < 4.78 is 13.6. The zero-order valence-electron chi connectivity index (χ0n) is 11.7. The highest BCUT2D eigenvalue weighted by molar-refractivity contribution is 5.87. The highest BCUT2D eigenvalue weighted by Crippen LogP contribution is 2.19. The highest BCUT2D eigenvalue weighted by Gasteiger charge is 2.20. The maximum atomic E-state index is 13.6. The largest absolute Gasteiger partial charge is 0.478 e. The first-order valence-corrected chi connectivity index (χ1v) is 6.99. The first-order chi connectivity index (χ1) is 9.60. The average molecular weight is 280 g/mol. The lowest BCUT2D eigenvalue weighted by Gasteiger charge is -2.32. The number of benzene rings is 1. The summed E-state index contributed by atoms with van der Waals surface area (Å²) in [6.07, 6.45) is 2.38. The summed E-state index contributed by atoms with van der Waals surface area (Å²) >= 11 is 0. The van der Waals surface area contributed by atoms with Gasteiger partial charge in [0.1, 0.15) is 5.82 Å². The number of carboxylic acid groups (broad SMARTS) is 1. The van der Waals surface area contributed by atoms with Crippen LogP contribution < -0.4 is 5.32 Å². The molecule has 0 aromatic heterocycles. The second-order valence-electron chi connectivity index (χ2n) is 5.42. The number of rotatable bonds is 5. The van der Waals surface area contributed by atoms with Crippen LogP contribution in [-0.2, 0) is 6.54 Å². The molecule has 1 aromatic rings. The lowest BCUT2D eigenvalue weighted by Crippen LogP contribution is -2.38. The van der Waals surface area contributed by atoms with Crippen molar-refractivity contribution in [2.24, 2.45) is 5.92 Å². The van der Waals surface area contributed by atoms with Crippen molar-refractivity contribution in [3.8, 4) is 0 Å². The number of hydrogen-bond donors (Lipinski definition) is 2. The standard InChI is InChI=1S/C15H21FN2O2/c1-17-8-12-3-2-6-18(10-12)9-11-4-5-13(15(19)20)14(16)7-11/h4-5,7,12,17H,2-3,6,8-10H2,1H3,(H,19,20). The molecule has 5 heteroatoms. The van der Waals surface area contributed by atoms with Crippen molar-refractivity contribution in [2.45, 2.75) is 19.4 Å². The third-order valence-electron chi connectivity index (χ3n) is 3.77. The van der Waals surface area contributed by atoms with E-state index in [4.69, 9.17) is 5.11 Å². The first-order valence-electron chi connectivity index (χ1n) is 6.99. The third kappa shape index (κ3) is 3.77. The van der Waals surface area contributed by atoms with E-state index in [2.05, 4.69) is 10.2 Å². The van der Waals surface area contributed by atoms with E-state index >= 15 is 0 Å². The Morgan fingerprint density at radius 2 is 2.35 bits per heavy atom. The molecule has 1 heterocycles. The molecule has 0 amide bonds. The second-order valence-corrected chi connectivity index (χ2v) is 5.42. The number of halogens is 1.